The number of hydrogen-bond acceptors (Lipinski definition) is 4. The lowest BCUT2D eigenvalue weighted by Crippen LogP contribution is -2.59. The van der Waals surface area contributed by atoms with Crippen molar-refractivity contribution in [2.75, 3.05) is 0 Å². The first-order valence-electron chi connectivity index (χ1n) is 13.0. The summed E-state index contributed by atoms with van der Waals surface area (Å²) in [6.07, 6.45) is 10.7. The molecule has 5 nitrogen and oxygen atoms in total. The molecule has 1 aliphatic rings. The van der Waals surface area contributed by atoms with Crippen LogP contribution in [0.2, 0.25) is 16.6 Å². The molecule has 1 saturated carbocycles. The molecule has 0 aromatic carbocycles. The summed E-state index contributed by atoms with van der Waals surface area (Å²) in [4.78, 5) is 12.9. The fourth-order valence-corrected chi connectivity index (χ4v) is 11.4. The lowest BCUT2D eigenvalue weighted by Gasteiger charge is -2.47. The summed E-state index contributed by atoms with van der Waals surface area (Å²) in [5.74, 6) is 3.11. The fraction of sp³-hybridized carbons (Fsp3) is 0.889. The van der Waals surface area contributed by atoms with Gasteiger partial charge in [0.15, 0.2) is 0 Å². The van der Waals surface area contributed by atoms with Crippen molar-refractivity contribution in [1.82, 2.24) is 5.32 Å². The van der Waals surface area contributed by atoms with Gasteiger partial charge < -0.3 is 19.6 Å². The minimum Gasteiger partial charge on any atom is -0.444 e. The molecule has 0 aromatic rings. The second kappa shape index (κ2) is 13.2. The smallest absolute Gasteiger partial charge is 0.407 e. The molecule has 0 bridgehead atoms. The number of ether oxygens (including phenoxy) is 1. The van der Waals surface area contributed by atoms with Crippen molar-refractivity contribution < 1.29 is 19.1 Å². The van der Waals surface area contributed by atoms with Crippen LogP contribution < -0.4 is 5.32 Å². The Labute approximate surface area is 204 Å². The van der Waals surface area contributed by atoms with Crippen LogP contribution in [0.1, 0.15) is 107 Å². The van der Waals surface area contributed by atoms with Crippen molar-refractivity contribution in [1.29, 1.82) is 0 Å². The molecule has 0 spiro atoms. The Morgan fingerprint density at radius 1 is 1.06 bits per heavy atom. The third-order valence-corrected chi connectivity index (χ3v) is 13.3. The van der Waals surface area contributed by atoms with E-state index in [0.29, 0.717) is 22.5 Å². The van der Waals surface area contributed by atoms with Crippen molar-refractivity contribution in [3.05, 3.63) is 0 Å². The molecule has 33 heavy (non-hydrogen) atoms. The van der Waals surface area contributed by atoms with Crippen molar-refractivity contribution in [2.24, 2.45) is 5.92 Å². The predicted molar refractivity (Wildman–Crippen MR) is 140 cm³/mol. The first kappa shape index (κ1) is 30.0. The quantitative estimate of drug-likeness (QED) is 0.252. The predicted octanol–water partition coefficient (Wildman–Crippen LogP) is 6.80. The summed E-state index contributed by atoms with van der Waals surface area (Å²) in [7, 11) is -2.33. The number of hydrogen-bond donors (Lipinski definition) is 2. The van der Waals surface area contributed by atoms with Gasteiger partial charge in [0, 0.05) is 6.42 Å². The highest BCUT2D eigenvalue weighted by Gasteiger charge is 2.49. The number of alkyl carbamates (subject to hydrolysis) is 1. The molecule has 0 radical (unpaired) electrons. The summed E-state index contributed by atoms with van der Waals surface area (Å²) in [6, 6.07) is -0.352. The third kappa shape index (κ3) is 8.92. The second-order valence-corrected chi connectivity index (χ2v) is 17.3. The van der Waals surface area contributed by atoms with E-state index >= 15 is 0 Å². The minimum absolute atomic E-state index is 0.195. The van der Waals surface area contributed by atoms with Crippen molar-refractivity contribution in [3.63, 3.8) is 0 Å². The first-order valence-corrected chi connectivity index (χ1v) is 15.2. The number of carbonyl (C=O) groups excluding carboxylic acids is 1. The monoisotopic (exact) mass is 481 g/mol. The molecule has 6 heteroatoms. The lowest BCUT2D eigenvalue weighted by molar-refractivity contribution is -0.00726. The van der Waals surface area contributed by atoms with E-state index in [2.05, 4.69) is 52.8 Å². The molecule has 1 rings (SSSR count). The number of amides is 1. The lowest BCUT2D eigenvalue weighted by atomic mass is 9.83. The maximum absolute atomic E-state index is 12.9. The van der Waals surface area contributed by atoms with Crippen LogP contribution in [-0.2, 0) is 9.16 Å². The van der Waals surface area contributed by atoms with Gasteiger partial charge >= 0.3 is 6.09 Å². The summed E-state index contributed by atoms with van der Waals surface area (Å²) >= 11 is 0. The van der Waals surface area contributed by atoms with Gasteiger partial charge in [-0.15, -0.1) is 12.3 Å². The van der Waals surface area contributed by atoms with E-state index in [9.17, 15) is 9.90 Å². The molecule has 1 amide bonds. The summed E-state index contributed by atoms with van der Waals surface area (Å²) in [5.41, 5.74) is 0.471. The molecule has 2 N–H and O–H groups in total. The average molecular weight is 482 g/mol. The van der Waals surface area contributed by atoms with Gasteiger partial charge in [-0.05, 0) is 49.7 Å². The highest BCUT2D eigenvalue weighted by Crippen LogP contribution is 2.44. The van der Waals surface area contributed by atoms with Crippen molar-refractivity contribution >= 4 is 14.4 Å². The SMILES string of the molecule is C#CC[C@H](O)[C@H](O[Si](C(C)C)(C(C)C)C(C)C)[C@H](CC1CCCCC1)NC(=O)OC(C)(C)C. The number of nitrogens with one attached hydrogen (secondary N) is 1. The Hall–Kier alpha value is -1.03. The van der Waals surface area contributed by atoms with E-state index in [1.54, 1.807) is 0 Å². The Morgan fingerprint density at radius 2 is 1.58 bits per heavy atom. The Balaban J connectivity index is 3.38. The average Bonchev–Trinajstić information content (AvgIpc) is 2.67. The third-order valence-electron chi connectivity index (χ3n) is 7.16. The van der Waals surface area contributed by atoms with E-state index in [4.69, 9.17) is 15.6 Å². The standard InChI is InChI=1S/C27H51NO4Si/c1-11-15-24(29)25(32-33(19(2)3,20(4)5)21(6)7)23(18-22-16-13-12-14-17-22)28-26(30)31-27(8,9)10/h1,19-25,29H,12-18H2,2-10H3,(H,28,30)/t23-,24-,25+/m0/s1. The van der Waals surface area contributed by atoms with Crippen LogP contribution in [0.3, 0.4) is 0 Å². The van der Waals surface area contributed by atoms with E-state index in [1.165, 1.54) is 19.3 Å². The number of terminal acetylenes is 1. The molecule has 192 valence electrons. The molecule has 0 aliphatic heterocycles. The number of carbonyl (C=O) groups is 1. The van der Waals surface area contributed by atoms with E-state index in [0.717, 1.165) is 19.3 Å². The Bertz CT molecular complexity index is 607. The molecular formula is C27H51NO4Si. The zero-order valence-corrected chi connectivity index (χ0v) is 23.7. The van der Waals surface area contributed by atoms with Gasteiger partial charge in [0.05, 0.1) is 18.2 Å². The molecular weight excluding hydrogens is 430 g/mol. The summed E-state index contributed by atoms with van der Waals surface area (Å²) in [6.45, 7) is 19.0. The van der Waals surface area contributed by atoms with Crippen LogP contribution in [0.4, 0.5) is 4.79 Å². The van der Waals surface area contributed by atoms with E-state index < -0.39 is 32.2 Å². The van der Waals surface area contributed by atoms with Gasteiger partial charge in [0.1, 0.15) is 5.60 Å². The maximum Gasteiger partial charge on any atom is 0.407 e. The minimum atomic E-state index is -2.33. The number of aliphatic hydroxyl groups excluding tert-OH is 1. The molecule has 0 heterocycles. The Morgan fingerprint density at radius 3 is 2.00 bits per heavy atom. The van der Waals surface area contributed by atoms with Gasteiger partial charge in [0.25, 0.3) is 0 Å². The van der Waals surface area contributed by atoms with Crippen LogP contribution >= 0.6 is 0 Å². The van der Waals surface area contributed by atoms with Crippen LogP contribution in [0.15, 0.2) is 0 Å². The molecule has 0 unspecified atom stereocenters. The molecule has 3 atom stereocenters. The van der Waals surface area contributed by atoms with E-state index in [1.807, 2.05) is 20.8 Å². The van der Waals surface area contributed by atoms with Crippen molar-refractivity contribution in [2.45, 2.75) is 148 Å². The van der Waals surface area contributed by atoms with Gasteiger partial charge in [0.2, 0.25) is 8.32 Å². The highest BCUT2D eigenvalue weighted by molar-refractivity contribution is 6.77. The van der Waals surface area contributed by atoms with Crippen LogP contribution in [-0.4, -0.2) is 43.4 Å². The summed E-state index contributed by atoms with van der Waals surface area (Å²) in [5, 5.41) is 14.3. The number of aliphatic hydroxyl groups is 1. The molecule has 1 fully saturated rings. The van der Waals surface area contributed by atoms with Crippen LogP contribution in [0, 0.1) is 18.3 Å². The molecule has 1 aliphatic carbocycles. The zero-order chi connectivity index (χ0) is 25.4. The van der Waals surface area contributed by atoms with Crippen LogP contribution in [0.5, 0.6) is 0 Å². The molecule has 0 aromatic heterocycles. The zero-order valence-electron chi connectivity index (χ0n) is 22.7. The topological polar surface area (TPSA) is 67.8 Å². The highest BCUT2D eigenvalue weighted by atomic mass is 28.4. The first-order chi connectivity index (χ1) is 15.2. The van der Waals surface area contributed by atoms with E-state index in [-0.39, 0.29) is 12.5 Å². The van der Waals surface area contributed by atoms with Crippen LogP contribution in [0.25, 0.3) is 0 Å². The van der Waals surface area contributed by atoms with Gasteiger partial charge in [-0.25, -0.2) is 4.79 Å². The molecule has 0 saturated heterocycles. The number of rotatable bonds is 11. The van der Waals surface area contributed by atoms with Gasteiger partial charge in [-0.2, -0.15) is 0 Å². The maximum atomic E-state index is 12.9. The largest absolute Gasteiger partial charge is 0.444 e. The normalized spacial score (nSPS) is 18.8. The summed E-state index contributed by atoms with van der Waals surface area (Å²) < 4.78 is 12.7. The van der Waals surface area contributed by atoms with Crippen molar-refractivity contribution in [3.8, 4) is 12.3 Å². The Kier molecular flexibility index (Phi) is 12.0. The van der Waals surface area contributed by atoms with Gasteiger partial charge in [-0.1, -0.05) is 73.6 Å². The fourth-order valence-electron chi connectivity index (χ4n) is 5.83. The van der Waals surface area contributed by atoms with Gasteiger partial charge in [-0.3, -0.25) is 0 Å². The second-order valence-electron chi connectivity index (χ2n) is 11.9.